The second-order valence-electron chi connectivity index (χ2n) is 7.29. The lowest BCUT2D eigenvalue weighted by Gasteiger charge is -2.22. The van der Waals surface area contributed by atoms with Crippen molar-refractivity contribution < 1.29 is 9.53 Å². The lowest BCUT2D eigenvalue weighted by molar-refractivity contribution is 0.0528. The SMILES string of the molecule is CC(C)(C)OC(=O)n1c(Cc2ccccc2)cc2c1CCCC2. The summed E-state index contributed by atoms with van der Waals surface area (Å²) in [6, 6.07) is 12.5. The number of benzene rings is 1. The molecule has 0 fully saturated rings. The van der Waals surface area contributed by atoms with E-state index in [0.717, 1.165) is 37.1 Å². The van der Waals surface area contributed by atoms with Crippen LogP contribution in [0.5, 0.6) is 0 Å². The highest BCUT2D eigenvalue weighted by Crippen LogP contribution is 2.27. The first kappa shape index (κ1) is 15.9. The maximum absolute atomic E-state index is 12.7. The van der Waals surface area contributed by atoms with Gasteiger partial charge in [0.15, 0.2) is 0 Å². The van der Waals surface area contributed by atoms with Crippen molar-refractivity contribution in [1.29, 1.82) is 0 Å². The Morgan fingerprint density at radius 2 is 1.83 bits per heavy atom. The third-order valence-corrected chi connectivity index (χ3v) is 4.18. The monoisotopic (exact) mass is 311 g/mol. The van der Waals surface area contributed by atoms with Gasteiger partial charge in [-0.1, -0.05) is 30.3 Å². The molecule has 1 heterocycles. The van der Waals surface area contributed by atoms with Gasteiger partial charge in [-0.25, -0.2) is 4.79 Å². The Morgan fingerprint density at radius 1 is 1.13 bits per heavy atom. The standard InChI is InChI=1S/C20H25NO2/c1-20(2,3)23-19(22)21-17(13-15-9-5-4-6-10-15)14-16-11-7-8-12-18(16)21/h4-6,9-10,14H,7-8,11-13H2,1-3H3. The Labute approximate surface area is 138 Å². The molecule has 0 atom stereocenters. The third-order valence-electron chi connectivity index (χ3n) is 4.18. The first-order valence-corrected chi connectivity index (χ1v) is 8.44. The van der Waals surface area contributed by atoms with E-state index in [1.807, 2.05) is 43.5 Å². The topological polar surface area (TPSA) is 31.2 Å². The maximum Gasteiger partial charge on any atom is 0.418 e. The van der Waals surface area contributed by atoms with Crippen molar-refractivity contribution in [2.45, 2.75) is 58.5 Å². The maximum atomic E-state index is 12.7. The van der Waals surface area contributed by atoms with Crippen LogP contribution < -0.4 is 0 Å². The van der Waals surface area contributed by atoms with Crippen LogP contribution in [0, 0.1) is 0 Å². The van der Waals surface area contributed by atoms with Crippen LogP contribution in [0.1, 0.15) is 56.1 Å². The van der Waals surface area contributed by atoms with Gasteiger partial charge in [-0.15, -0.1) is 0 Å². The molecule has 0 spiro atoms. The normalized spacial score (nSPS) is 14.4. The van der Waals surface area contributed by atoms with Gasteiger partial charge >= 0.3 is 6.09 Å². The van der Waals surface area contributed by atoms with E-state index >= 15 is 0 Å². The Balaban J connectivity index is 1.98. The highest BCUT2D eigenvalue weighted by molar-refractivity contribution is 5.74. The van der Waals surface area contributed by atoms with Crippen molar-refractivity contribution in [3.8, 4) is 0 Å². The van der Waals surface area contributed by atoms with Crippen molar-refractivity contribution in [2.75, 3.05) is 0 Å². The molecule has 3 nitrogen and oxygen atoms in total. The summed E-state index contributed by atoms with van der Waals surface area (Å²) in [6.45, 7) is 5.74. The van der Waals surface area contributed by atoms with Crippen molar-refractivity contribution in [3.05, 3.63) is 58.9 Å². The van der Waals surface area contributed by atoms with Crippen LogP contribution in [0.3, 0.4) is 0 Å². The van der Waals surface area contributed by atoms with E-state index in [0.29, 0.717) is 0 Å². The number of hydrogen-bond donors (Lipinski definition) is 0. The summed E-state index contributed by atoms with van der Waals surface area (Å²) in [6.07, 6.45) is 4.89. The highest BCUT2D eigenvalue weighted by Gasteiger charge is 2.26. The van der Waals surface area contributed by atoms with Crippen molar-refractivity contribution in [3.63, 3.8) is 0 Å². The van der Waals surface area contributed by atoms with E-state index < -0.39 is 5.60 Å². The van der Waals surface area contributed by atoms with Gasteiger partial charge < -0.3 is 4.74 Å². The lowest BCUT2D eigenvalue weighted by atomic mass is 9.98. The zero-order valence-electron chi connectivity index (χ0n) is 14.3. The largest absolute Gasteiger partial charge is 0.443 e. The van der Waals surface area contributed by atoms with Crippen LogP contribution in [0.15, 0.2) is 36.4 Å². The molecule has 3 rings (SSSR count). The smallest absolute Gasteiger partial charge is 0.418 e. The number of nitrogens with zero attached hydrogens (tertiary/aromatic N) is 1. The van der Waals surface area contributed by atoms with Crippen molar-refractivity contribution in [2.24, 2.45) is 0 Å². The molecule has 0 bridgehead atoms. The van der Waals surface area contributed by atoms with Crippen LogP contribution in [-0.2, 0) is 24.0 Å². The fourth-order valence-corrected chi connectivity index (χ4v) is 3.23. The van der Waals surface area contributed by atoms with Gasteiger partial charge in [0.2, 0.25) is 0 Å². The minimum atomic E-state index is -0.479. The average Bonchev–Trinajstić information content (AvgIpc) is 2.84. The quantitative estimate of drug-likeness (QED) is 0.802. The Hall–Kier alpha value is -2.03. The van der Waals surface area contributed by atoms with E-state index in [4.69, 9.17) is 4.74 Å². The second-order valence-corrected chi connectivity index (χ2v) is 7.29. The molecule has 23 heavy (non-hydrogen) atoms. The molecule has 3 heteroatoms. The first-order valence-electron chi connectivity index (χ1n) is 8.44. The summed E-state index contributed by atoms with van der Waals surface area (Å²) in [7, 11) is 0. The first-order chi connectivity index (χ1) is 10.9. The van der Waals surface area contributed by atoms with Crippen LogP contribution in [0.2, 0.25) is 0 Å². The van der Waals surface area contributed by atoms with E-state index in [1.54, 1.807) is 0 Å². The zero-order valence-corrected chi connectivity index (χ0v) is 14.3. The van der Waals surface area contributed by atoms with E-state index in [1.165, 1.54) is 17.5 Å². The van der Waals surface area contributed by atoms with Gasteiger partial charge in [0.1, 0.15) is 5.60 Å². The Kier molecular flexibility index (Phi) is 4.29. The van der Waals surface area contributed by atoms with Gasteiger partial charge in [0, 0.05) is 17.8 Å². The molecule has 0 unspecified atom stereocenters. The number of carbonyl (C=O) groups is 1. The van der Waals surface area contributed by atoms with Gasteiger partial charge in [-0.2, -0.15) is 0 Å². The summed E-state index contributed by atoms with van der Waals surface area (Å²) in [5, 5.41) is 0. The van der Waals surface area contributed by atoms with Gasteiger partial charge in [0.05, 0.1) is 0 Å². The van der Waals surface area contributed by atoms with Gasteiger partial charge in [0.25, 0.3) is 0 Å². The number of hydrogen-bond acceptors (Lipinski definition) is 2. The van der Waals surface area contributed by atoms with Crippen LogP contribution >= 0.6 is 0 Å². The molecule has 1 aromatic carbocycles. The molecule has 0 radical (unpaired) electrons. The second kappa shape index (κ2) is 6.23. The Bertz CT molecular complexity index is 692. The minimum Gasteiger partial charge on any atom is -0.443 e. The van der Waals surface area contributed by atoms with Crippen molar-refractivity contribution in [1.82, 2.24) is 4.57 Å². The van der Waals surface area contributed by atoms with E-state index in [2.05, 4.69) is 18.2 Å². The molecule has 122 valence electrons. The minimum absolute atomic E-state index is 0.244. The Morgan fingerprint density at radius 3 is 2.52 bits per heavy atom. The molecule has 0 amide bonds. The van der Waals surface area contributed by atoms with Crippen LogP contribution in [-0.4, -0.2) is 16.3 Å². The predicted molar refractivity (Wildman–Crippen MR) is 92.0 cm³/mol. The van der Waals surface area contributed by atoms with Gasteiger partial charge in [-0.05, 0) is 63.6 Å². The summed E-state index contributed by atoms with van der Waals surface area (Å²) < 4.78 is 7.48. The summed E-state index contributed by atoms with van der Waals surface area (Å²) in [4.78, 5) is 12.7. The number of aryl methyl sites for hydroxylation is 1. The van der Waals surface area contributed by atoms with Crippen LogP contribution in [0.25, 0.3) is 0 Å². The number of rotatable bonds is 2. The molecule has 0 saturated carbocycles. The summed E-state index contributed by atoms with van der Waals surface area (Å²) in [5.41, 5.74) is 4.24. The number of carbonyl (C=O) groups excluding carboxylic acids is 1. The molecule has 2 aromatic rings. The molecule has 0 N–H and O–H groups in total. The van der Waals surface area contributed by atoms with Gasteiger partial charge in [-0.3, -0.25) is 4.57 Å². The summed E-state index contributed by atoms with van der Waals surface area (Å²) >= 11 is 0. The van der Waals surface area contributed by atoms with E-state index in [-0.39, 0.29) is 6.09 Å². The molecule has 1 aliphatic rings. The molecular formula is C20H25NO2. The zero-order chi connectivity index (χ0) is 16.4. The van der Waals surface area contributed by atoms with E-state index in [9.17, 15) is 4.79 Å². The number of fused-ring (bicyclic) bond motifs is 1. The fraction of sp³-hybridized carbons (Fsp3) is 0.450. The molecule has 0 aliphatic heterocycles. The number of ether oxygens (including phenoxy) is 1. The lowest BCUT2D eigenvalue weighted by Crippen LogP contribution is -2.29. The summed E-state index contributed by atoms with van der Waals surface area (Å²) in [5.74, 6) is 0. The third kappa shape index (κ3) is 3.66. The average molecular weight is 311 g/mol. The molecule has 1 aliphatic carbocycles. The highest BCUT2D eigenvalue weighted by atomic mass is 16.6. The predicted octanol–water partition coefficient (Wildman–Crippen LogP) is 4.74. The molecule has 0 saturated heterocycles. The fourth-order valence-electron chi connectivity index (χ4n) is 3.23. The molecular weight excluding hydrogens is 286 g/mol. The van der Waals surface area contributed by atoms with Crippen LogP contribution in [0.4, 0.5) is 4.79 Å². The van der Waals surface area contributed by atoms with Crippen molar-refractivity contribution >= 4 is 6.09 Å². The number of aromatic nitrogens is 1. The molecule has 1 aromatic heterocycles.